The van der Waals surface area contributed by atoms with Crippen molar-refractivity contribution in [1.82, 2.24) is 14.9 Å². The van der Waals surface area contributed by atoms with Crippen LogP contribution in [0.2, 0.25) is 0 Å². The van der Waals surface area contributed by atoms with Gasteiger partial charge in [-0.15, -0.1) is 0 Å². The van der Waals surface area contributed by atoms with Gasteiger partial charge < -0.3 is 5.11 Å². The lowest BCUT2D eigenvalue weighted by atomic mass is 10.4. The molecule has 108 valence electrons. The second-order valence-corrected chi connectivity index (χ2v) is 7.82. The van der Waals surface area contributed by atoms with Gasteiger partial charge in [-0.2, -0.15) is 5.10 Å². The number of carbonyl (C=O) groups is 1. The van der Waals surface area contributed by atoms with E-state index in [0.717, 1.165) is 6.26 Å². The predicted molar refractivity (Wildman–Crippen MR) is 65.2 cm³/mol. The van der Waals surface area contributed by atoms with Gasteiger partial charge >= 0.3 is 5.97 Å². The summed E-state index contributed by atoms with van der Waals surface area (Å²) in [6, 6.07) is 0. The summed E-state index contributed by atoms with van der Waals surface area (Å²) in [5.74, 6) is -1.88. The lowest BCUT2D eigenvalue weighted by Crippen LogP contribution is -2.30. The van der Waals surface area contributed by atoms with Gasteiger partial charge in [-0.1, -0.05) is 0 Å². The van der Waals surface area contributed by atoms with Crippen LogP contribution in [-0.2, 0) is 19.9 Å². The van der Waals surface area contributed by atoms with Crippen molar-refractivity contribution in [3.63, 3.8) is 0 Å². The number of H-pyrrole nitrogens is 1. The lowest BCUT2D eigenvalue weighted by molar-refractivity contribution is 0.0686. The van der Waals surface area contributed by atoms with E-state index >= 15 is 0 Å². The molecule has 9 nitrogen and oxygen atoms in total. The maximum atomic E-state index is 11.9. The molecular formula is C8H13N3O6S2. The van der Waals surface area contributed by atoms with Crippen LogP contribution in [0.5, 0.6) is 0 Å². The summed E-state index contributed by atoms with van der Waals surface area (Å²) < 4.78 is 47.6. The Kier molecular flexibility index (Phi) is 4.32. The molecule has 0 saturated carbocycles. The summed E-state index contributed by atoms with van der Waals surface area (Å²) >= 11 is 0. The highest BCUT2D eigenvalue weighted by molar-refractivity contribution is 7.91. The highest BCUT2D eigenvalue weighted by atomic mass is 32.2. The molecule has 0 aliphatic rings. The molecule has 1 aromatic heterocycles. The molecule has 0 aromatic carbocycles. The number of aromatic amines is 1. The SMILES string of the molecule is Cc1[nH]nc(C(=O)O)c1S(=O)(=O)NCCS(C)(=O)=O. The molecule has 0 saturated heterocycles. The van der Waals surface area contributed by atoms with Crippen LogP contribution in [0.3, 0.4) is 0 Å². The van der Waals surface area contributed by atoms with Crippen molar-refractivity contribution in [2.45, 2.75) is 11.8 Å². The quantitative estimate of drug-likeness (QED) is 0.594. The third-order valence-corrected chi connectivity index (χ3v) is 4.69. The predicted octanol–water partition coefficient (Wildman–Crippen LogP) is -1.26. The van der Waals surface area contributed by atoms with E-state index in [-0.39, 0.29) is 18.0 Å². The van der Waals surface area contributed by atoms with Crippen LogP contribution in [0, 0.1) is 6.92 Å². The van der Waals surface area contributed by atoms with Crippen LogP contribution in [-0.4, -0.2) is 56.7 Å². The molecule has 0 spiro atoms. The van der Waals surface area contributed by atoms with Crippen LogP contribution in [0.4, 0.5) is 0 Å². The fourth-order valence-electron chi connectivity index (χ4n) is 1.33. The summed E-state index contributed by atoms with van der Waals surface area (Å²) in [5.41, 5.74) is -0.575. The molecule has 11 heteroatoms. The zero-order valence-corrected chi connectivity index (χ0v) is 11.8. The molecule has 3 N–H and O–H groups in total. The summed E-state index contributed by atoms with van der Waals surface area (Å²) in [6.07, 6.45) is 0.965. The topological polar surface area (TPSA) is 146 Å². The smallest absolute Gasteiger partial charge is 0.357 e. The van der Waals surface area contributed by atoms with Crippen LogP contribution >= 0.6 is 0 Å². The Morgan fingerprint density at radius 3 is 2.42 bits per heavy atom. The molecule has 0 aliphatic carbocycles. The number of aryl methyl sites for hydroxylation is 1. The number of aromatic nitrogens is 2. The minimum absolute atomic E-state index is 0.0595. The number of rotatable bonds is 6. The number of hydrogen-bond donors (Lipinski definition) is 3. The van der Waals surface area contributed by atoms with Gasteiger partial charge in [0, 0.05) is 12.8 Å². The molecule has 0 amide bonds. The summed E-state index contributed by atoms with van der Waals surface area (Å²) in [6.45, 7) is 1.01. The van der Waals surface area contributed by atoms with Gasteiger partial charge in [0.15, 0.2) is 5.69 Å². The van der Waals surface area contributed by atoms with Crippen LogP contribution in [0.15, 0.2) is 4.90 Å². The number of carboxylic acid groups (broad SMARTS) is 1. The van der Waals surface area contributed by atoms with Crippen LogP contribution in [0.25, 0.3) is 0 Å². The molecule has 0 atom stereocenters. The maximum Gasteiger partial charge on any atom is 0.357 e. The van der Waals surface area contributed by atoms with Crippen molar-refractivity contribution in [3.05, 3.63) is 11.4 Å². The number of hydrogen-bond acceptors (Lipinski definition) is 6. The van der Waals surface area contributed by atoms with E-state index in [1.807, 2.05) is 4.72 Å². The first kappa shape index (κ1) is 15.6. The Morgan fingerprint density at radius 1 is 1.37 bits per heavy atom. The first-order valence-corrected chi connectivity index (χ1v) is 8.54. The fraction of sp³-hybridized carbons (Fsp3) is 0.500. The van der Waals surface area contributed by atoms with Crippen molar-refractivity contribution < 1.29 is 26.7 Å². The Hall–Kier alpha value is -1.46. The normalized spacial score (nSPS) is 12.5. The Labute approximate surface area is 110 Å². The molecule has 0 radical (unpaired) electrons. The monoisotopic (exact) mass is 311 g/mol. The number of nitrogens with zero attached hydrogens (tertiary/aromatic N) is 1. The van der Waals surface area contributed by atoms with Gasteiger partial charge in [0.25, 0.3) is 0 Å². The zero-order chi connectivity index (χ0) is 14.8. The highest BCUT2D eigenvalue weighted by Gasteiger charge is 2.28. The molecule has 1 aromatic rings. The Morgan fingerprint density at radius 2 is 1.95 bits per heavy atom. The molecule has 0 bridgehead atoms. The number of aromatic carboxylic acids is 1. The van der Waals surface area contributed by atoms with E-state index in [1.165, 1.54) is 6.92 Å². The zero-order valence-electron chi connectivity index (χ0n) is 10.2. The van der Waals surface area contributed by atoms with Crippen LogP contribution in [0.1, 0.15) is 16.2 Å². The third-order valence-electron chi connectivity index (χ3n) is 2.13. The summed E-state index contributed by atoms with van der Waals surface area (Å²) in [5, 5.41) is 14.5. The van der Waals surface area contributed by atoms with Gasteiger partial charge in [0.1, 0.15) is 14.7 Å². The van der Waals surface area contributed by atoms with Gasteiger partial charge in [-0.3, -0.25) is 5.10 Å². The lowest BCUT2D eigenvalue weighted by Gasteiger charge is -2.06. The van der Waals surface area contributed by atoms with Crippen molar-refractivity contribution in [3.8, 4) is 0 Å². The minimum atomic E-state index is -4.13. The van der Waals surface area contributed by atoms with Crippen LogP contribution < -0.4 is 4.72 Å². The largest absolute Gasteiger partial charge is 0.476 e. The van der Waals surface area contributed by atoms with E-state index in [4.69, 9.17) is 5.11 Å². The number of sulfone groups is 1. The Balaban J connectivity index is 3.01. The minimum Gasteiger partial charge on any atom is -0.476 e. The van der Waals surface area contributed by atoms with E-state index in [0.29, 0.717) is 0 Å². The Bertz CT molecular complexity index is 688. The van der Waals surface area contributed by atoms with E-state index in [2.05, 4.69) is 10.2 Å². The van der Waals surface area contributed by atoms with E-state index in [1.54, 1.807) is 0 Å². The fourth-order valence-corrected chi connectivity index (χ4v) is 3.28. The second-order valence-electron chi connectivity index (χ2n) is 3.86. The first-order valence-electron chi connectivity index (χ1n) is 5.00. The molecular weight excluding hydrogens is 298 g/mol. The summed E-state index contributed by atoms with van der Waals surface area (Å²) in [4.78, 5) is 10.4. The molecule has 0 unspecified atom stereocenters. The molecule has 1 heterocycles. The van der Waals surface area contributed by atoms with Gasteiger partial charge in [-0.25, -0.2) is 26.4 Å². The van der Waals surface area contributed by atoms with Gasteiger partial charge in [0.05, 0.1) is 11.4 Å². The highest BCUT2D eigenvalue weighted by Crippen LogP contribution is 2.17. The molecule has 19 heavy (non-hydrogen) atoms. The van der Waals surface area contributed by atoms with Gasteiger partial charge in [0.2, 0.25) is 10.0 Å². The van der Waals surface area contributed by atoms with Crippen molar-refractivity contribution in [2.75, 3.05) is 18.6 Å². The average molecular weight is 311 g/mol. The summed E-state index contributed by atoms with van der Waals surface area (Å²) in [7, 11) is -7.45. The number of carboxylic acids is 1. The van der Waals surface area contributed by atoms with Crippen molar-refractivity contribution in [1.29, 1.82) is 0 Å². The van der Waals surface area contributed by atoms with E-state index in [9.17, 15) is 21.6 Å². The molecule has 0 aliphatic heterocycles. The third kappa shape index (κ3) is 4.01. The van der Waals surface area contributed by atoms with E-state index < -0.39 is 36.4 Å². The van der Waals surface area contributed by atoms with Gasteiger partial charge in [-0.05, 0) is 6.92 Å². The maximum absolute atomic E-state index is 11.9. The number of nitrogens with one attached hydrogen (secondary N) is 2. The molecule has 1 rings (SSSR count). The molecule has 0 fully saturated rings. The average Bonchev–Trinajstić information content (AvgIpc) is 2.58. The standard InChI is InChI=1S/C8H13N3O6S2/c1-5-7(6(8(12)13)11-10-5)19(16,17)9-3-4-18(2,14)15/h9H,3-4H2,1-2H3,(H,10,11)(H,12,13). The first-order chi connectivity index (χ1) is 8.54. The number of sulfonamides is 1. The van der Waals surface area contributed by atoms with Crippen molar-refractivity contribution in [2.24, 2.45) is 0 Å². The second kappa shape index (κ2) is 5.27. The van der Waals surface area contributed by atoms with Crippen molar-refractivity contribution >= 4 is 25.8 Å².